The number of H-pyrrole nitrogens is 3. The molecule has 3 aliphatic rings. The van der Waals surface area contributed by atoms with Gasteiger partial charge in [0.2, 0.25) is 0 Å². The number of likely N-dealkylation sites (tertiary alicyclic amines) is 1. The second kappa shape index (κ2) is 32.0. The minimum Gasteiger partial charge on any atom is -0.483 e. The molecule has 15 rings (SSSR count). The van der Waals surface area contributed by atoms with Crippen molar-refractivity contribution in [3.05, 3.63) is 183 Å². The lowest BCUT2D eigenvalue weighted by Gasteiger charge is -2.39. The highest BCUT2D eigenvalue weighted by molar-refractivity contribution is 6.06. The fourth-order valence-corrected chi connectivity index (χ4v) is 10.6. The van der Waals surface area contributed by atoms with E-state index in [0.29, 0.717) is 81.6 Å². The van der Waals surface area contributed by atoms with Gasteiger partial charge in [-0.1, -0.05) is 18.2 Å². The molecule has 101 heavy (non-hydrogen) atoms. The number of nitrogens with zero attached hydrogens (tertiary/aromatic N) is 13. The van der Waals surface area contributed by atoms with E-state index in [0.717, 1.165) is 42.4 Å². The first kappa shape index (κ1) is 69.4. The first-order chi connectivity index (χ1) is 49.0. The van der Waals surface area contributed by atoms with Crippen molar-refractivity contribution < 1.29 is 66.4 Å². The quantitative estimate of drug-likeness (QED) is 0.0393. The van der Waals surface area contributed by atoms with Crippen LogP contribution in [0.1, 0.15) is 96.2 Å². The fraction of sp³-hybridized carbons (Fsp3) is 0.250. The normalized spacial score (nSPS) is 15.9. The van der Waals surface area contributed by atoms with E-state index >= 15 is 0 Å². The third-order valence-corrected chi connectivity index (χ3v) is 15.9. The van der Waals surface area contributed by atoms with Crippen molar-refractivity contribution in [3.63, 3.8) is 0 Å². The molecule has 1 saturated heterocycles. The molecule has 8 N–H and O–H groups in total. The van der Waals surface area contributed by atoms with Crippen molar-refractivity contribution >= 4 is 53.8 Å². The number of methoxy groups -OCH3 is 2. The van der Waals surface area contributed by atoms with E-state index < -0.39 is 11.5 Å². The minimum absolute atomic E-state index is 0.0491. The first-order valence-electron chi connectivity index (χ1n) is 31.4. The number of pyridine rings is 3. The van der Waals surface area contributed by atoms with Gasteiger partial charge in [0, 0.05) is 83.1 Å². The maximum absolute atomic E-state index is 13.0. The van der Waals surface area contributed by atoms with Crippen LogP contribution in [0.15, 0.2) is 179 Å². The third kappa shape index (κ3) is 17.1. The van der Waals surface area contributed by atoms with Gasteiger partial charge in [0.25, 0.3) is 30.7 Å². The number of amides is 4. The zero-order valence-electron chi connectivity index (χ0n) is 55.0. The number of rotatable bonds is 17. The van der Waals surface area contributed by atoms with Crippen LogP contribution < -0.4 is 16.0 Å². The maximum Gasteiger partial charge on any atom is 0.410 e. The Balaban J connectivity index is 0.000000147. The number of carboxylic acid groups (broad SMARTS) is 2. The predicted octanol–water partition coefficient (Wildman–Crippen LogP) is 10.4. The van der Waals surface area contributed by atoms with Gasteiger partial charge < -0.3 is 58.5 Å². The lowest BCUT2D eigenvalue weighted by atomic mass is 9.89. The van der Waals surface area contributed by atoms with Crippen LogP contribution >= 0.6 is 0 Å². The summed E-state index contributed by atoms with van der Waals surface area (Å²) in [6.07, 6.45) is 24.2. The van der Waals surface area contributed by atoms with E-state index in [4.69, 9.17) is 57.5 Å². The van der Waals surface area contributed by atoms with E-state index in [2.05, 4.69) is 66.6 Å². The van der Waals surface area contributed by atoms with Gasteiger partial charge in [0.1, 0.15) is 40.0 Å². The van der Waals surface area contributed by atoms with E-state index in [1.54, 1.807) is 122 Å². The molecule has 3 fully saturated rings. The SMILES string of the molecule is CC(C)(C)OC(=O)N1CC(n2cc(NC(=O)c3ccc(-c4cn[nH]c4)o3)c(-c3ccccn3)n2)C1.COC1CC(n2cc(NC(=O)c3ccc(-c4cn[nH]c4)o3)c(-c3ccccn3)n2)C1.COC1CC(n2cc(NC(=O)c3ccc(-c4cn[nH]c4)o3)c(-c3ccccn3)n2)C1.O=CO.O=CO. The summed E-state index contributed by atoms with van der Waals surface area (Å²) < 4.78 is 38.8. The number of aromatic amines is 3. The summed E-state index contributed by atoms with van der Waals surface area (Å²) in [5.41, 5.74) is 7.14. The van der Waals surface area contributed by atoms with Crippen LogP contribution in [0, 0.1) is 0 Å². The molecular weight excluding hydrogens is 1310 g/mol. The molecule has 1 aliphatic heterocycles. The summed E-state index contributed by atoms with van der Waals surface area (Å²) in [6, 6.07) is 27.2. The highest BCUT2D eigenvalue weighted by Crippen LogP contribution is 2.39. The van der Waals surface area contributed by atoms with Crippen LogP contribution in [0.4, 0.5) is 21.9 Å². The first-order valence-corrected chi connectivity index (χ1v) is 31.4. The smallest absolute Gasteiger partial charge is 0.410 e. The van der Waals surface area contributed by atoms with Gasteiger partial charge in [0.05, 0.1) is 99.8 Å². The lowest BCUT2D eigenvalue weighted by Crippen LogP contribution is -2.52. The van der Waals surface area contributed by atoms with Crippen molar-refractivity contribution in [2.24, 2.45) is 0 Å². The molecule has 13 heterocycles. The fourth-order valence-electron chi connectivity index (χ4n) is 10.6. The van der Waals surface area contributed by atoms with Crippen LogP contribution in [0.2, 0.25) is 0 Å². The molecule has 0 bridgehead atoms. The number of anilines is 3. The second-order valence-corrected chi connectivity index (χ2v) is 23.8. The standard InChI is InChI=1S/C24H25N7O4.2C21H20N6O3.2CH2O2/c1-24(2,3)35-23(33)30-12-16(13-30)31-14-18(21(29-31)17-6-4-5-9-25-17)28-22(32)20-8-7-19(34-20)15-10-26-27-11-15;2*1-29-15-8-14(9-15)27-12-17(20(26-27)16-4-2-3-7-22-16)25-21(28)19-6-5-18(30-19)13-10-23-24-11-13;2*2-1-3/h4-11,14,16H,12-13H2,1-3H3,(H,26,27)(H,28,32);2*2-7,10-12,14-15H,8-9H2,1H3,(H,23,24)(H,25,28);2*1H,(H,2,3). The Morgan fingerprint density at radius 3 is 1.11 bits per heavy atom. The summed E-state index contributed by atoms with van der Waals surface area (Å²) in [7, 11) is 3.44. The van der Waals surface area contributed by atoms with Crippen molar-refractivity contribution in [2.45, 2.75) is 82.4 Å². The Morgan fingerprint density at radius 1 is 0.505 bits per heavy atom. The molecule has 0 radical (unpaired) electrons. The Kier molecular flexibility index (Phi) is 22.0. The summed E-state index contributed by atoms with van der Waals surface area (Å²) >= 11 is 0. The molecule has 2 aliphatic carbocycles. The summed E-state index contributed by atoms with van der Waals surface area (Å²) in [4.78, 5) is 82.4. The summed E-state index contributed by atoms with van der Waals surface area (Å²) in [5.74, 6) is 1.09. The Hall–Kier alpha value is -12.9. The molecule has 4 amide bonds. The maximum atomic E-state index is 13.0. The van der Waals surface area contributed by atoms with Gasteiger partial charge >= 0.3 is 6.09 Å². The van der Waals surface area contributed by atoms with Crippen LogP contribution in [-0.4, -0.2) is 172 Å². The van der Waals surface area contributed by atoms with Crippen molar-refractivity contribution in [1.82, 2.24) is 79.8 Å². The Bertz CT molecular complexity index is 4460. The molecular formula is C68H69N19O14. The number of hydrogen-bond acceptors (Lipinski definition) is 21. The molecule has 520 valence electrons. The predicted molar refractivity (Wildman–Crippen MR) is 361 cm³/mol. The third-order valence-electron chi connectivity index (χ3n) is 15.9. The van der Waals surface area contributed by atoms with Crippen LogP contribution in [-0.2, 0) is 23.8 Å². The molecule has 12 aromatic heterocycles. The second-order valence-electron chi connectivity index (χ2n) is 23.8. The Morgan fingerprint density at radius 2 is 0.832 bits per heavy atom. The molecule has 2 saturated carbocycles. The molecule has 33 heteroatoms. The largest absolute Gasteiger partial charge is 0.483 e. The van der Waals surface area contributed by atoms with Gasteiger partial charge in [-0.3, -0.25) is 68.3 Å². The monoisotopic (exact) mass is 1380 g/mol. The van der Waals surface area contributed by atoms with E-state index in [1.165, 1.54) is 0 Å². The molecule has 0 aromatic carbocycles. The van der Waals surface area contributed by atoms with Crippen LogP contribution in [0.5, 0.6) is 0 Å². The number of aromatic nitrogens is 15. The van der Waals surface area contributed by atoms with Gasteiger partial charge in [-0.25, -0.2) is 4.79 Å². The topological polar surface area (TPSA) is 427 Å². The van der Waals surface area contributed by atoms with Gasteiger partial charge in [-0.05, 0) is 119 Å². The highest BCUT2D eigenvalue weighted by Gasteiger charge is 2.37. The molecule has 0 spiro atoms. The molecule has 33 nitrogen and oxygen atoms in total. The van der Waals surface area contributed by atoms with Crippen LogP contribution in [0.3, 0.4) is 0 Å². The number of hydrogen-bond donors (Lipinski definition) is 8. The summed E-state index contributed by atoms with van der Waals surface area (Å²) in [6.45, 7) is 5.92. The van der Waals surface area contributed by atoms with E-state index in [1.807, 2.05) is 97.1 Å². The van der Waals surface area contributed by atoms with Crippen molar-refractivity contribution in [1.29, 1.82) is 0 Å². The number of carbonyl (C=O) groups is 6. The summed E-state index contributed by atoms with van der Waals surface area (Å²) in [5, 5.41) is 56.5. The molecule has 0 atom stereocenters. The van der Waals surface area contributed by atoms with E-state index in [9.17, 15) is 19.2 Å². The average molecular weight is 1380 g/mol. The average Bonchev–Trinajstić information content (AvgIpc) is 1.67. The van der Waals surface area contributed by atoms with E-state index in [-0.39, 0.29) is 78.5 Å². The molecule has 0 unspecified atom stereocenters. The number of furan rings is 3. The van der Waals surface area contributed by atoms with Crippen LogP contribution in [0.25, 0.3) is 68.1 Å². The number of carbonyl (C=O) groups excluding carboxylic acids is 4. The lowest BCUT2D eigenvalue weighted by molar-refractivity contribution is -0.123. The van der Waals surface area contributed by atoms with Crippen molar-refractivity contribution in [3.8, 4) is 68.1 Å². The number of nitrogens with one attached hydrogen (secondary N) is 6. The zero-order valence-corrected chi connectivity index (χ0v) is 55.0. The highest BCUT2D eigenvalue weighted by atomic mass is 16.6. The van der Waals surface area contributed by atoms with Gasteiger partial charge in [-0.2, -0.15) is 30.6 Å². The minimum atomic E-state index is -0.555. The number of ether oxygens (including phenoxy) is 3. The molecule has 12 aromatic rings. The van der Waals surface area contributed by atoms with Crippen molar-refractivity contribution in [2.75, 3.05) is 43.3 Å². The zero-order chi connectivity index (χ0) is 71.0. The Labute approximate surface area is 574 Å². The van der Waals surface area contributed by atoms with Gasteiger partial charge in [0.15, 0.2) is 17.3 Å². The van der Waals surface area contributed by atoms with Gasteiger partial charge in [-0.15, -0.1) is 0 Å².